The van der Waals surface area contributed by atoms with E-state index in [0.717, 1.165) is 24.4 Å². The number of H-pyrrole nitrogens is 2. The van der Waals surface area contributed by atoms with Gasteiger partial charge in [0, 0.05) is 17.1 Å². The van der Waals surface area contributed by atoms with E-state index >= 15 is 0 Å². The third-order valence-corrected chi connectivity index (χ3v) is 3.95. The van der Waals surface area contributed by atoms with E-state index in [0.29, 0.717) is 9.79 Å². The summed E-state index contributed by atoms with van der Waals surface area (Å²) in [6, 6.07) is 7.70. The second-order valence-electron chi connectivity index (χ2n) is 5.23. The molecule has 0 aliphatic carbocycles. The molecule has 2 aromatic heterocycles. The molecule has 0 saturated heterocycles. The first-order valence-electron chi connectivity index (χ1n) is 7.92. The van der Waals surface area contributed by atoms with Gasteiger partial charge in [0.2, 0.25) is 0 Å². The molecule has 0 aliphatic heterocycles. The lowest BCUT2D eigenvalue weighted by Crippen LogP contribution is -2.01. The molecule has 0 saturated carbocycles. The van der Waals surface area contributed by atoms with Crippen LogP contribution < -0.4 is 0 Å². The number of nitrogens with zero attached hydrogens (tertiary/aromatic N) is 4. The first-order valence-corrected chi connectivity index (χ1v) is 8.71. The maximum Gasteiger partial charge on any atom is 0.195 e. The summed E-state index contributed by atoms with van der Waals surface area (Å²) in [6.07, 6.45) is 7.79. The summed E-state index contributed by atoms with van der Waals surface area (Å²) in [7, 11) is 0. The third-order valence-electron chi connectivity index (χ3n) is 3.41. The molecule has 0 atom stereocenters. The van der Waals surface area contributed by atoms with Crippen LogP contribution in [-0.4, -0.2) is 29.9 Å². The van der Waals surface area contributed by atoms with Gasteiger partial charge in [-0.3, -0.25) is 10.2 Å². The highest BCUT2D eigenvalue weighted by Crippen LogP contribution is 2.21. The van der Waals surface area contributed by atoms with Gasteiger partial charge in [0.1, 0.15) is 12.7 Å². The van der Waals surface area contributed by atoms with Gasteiger partial charge in [-0.1, -0.05) is 49.9 Å². The van der Waals surface area contributed by atoms with Gasteiger partial charge >= 0.3 is 0 Å². The van der Waals surface area contributed by atoms with Crippen molar-refractivity contribution in [1.82, 2.24) is 29.9 Å². The summed E-state index contributed by atoms with van der Waals surface area (Å²) >= 11 is 11.3. The summed E-state index contributed by atoms with van der Waals surface area (Å²) in [5.74, 6) is 0.865. The molecule has 3 rings (SSSR count). The van der Waals surface area contributed by atoms with E-state index < -0.39 is 0 Å². The zero-order valence-electron chi connectivity index (χ0n) is 13.6. The molecule has 0 bridgehead atoms. The van der Waals surface area contributed by atoms with Crippen molar-refractivity contribution in [2.24, 2.45) is 0 Å². The van der Waals surface area contributed by atoms with Gasteiger partial charge in [-0.25, -0.2) is 4.98 Å². The van der Waals surface area contributed by atoms with E-state index in [9.17, 15) is 0 Å². The second kappa shape index (κ2) is 10.00. The Morgan fingerprint density at radius 1 is 1.25 bits per heavy atom. The van der Waals surface area contributed by atoms with Gasteiger partial charge in [0.15, 0.2) is 10.6 Å². The van der Waals surface area contributed by atoms with Gasteiger partial charge in [-0.15, -0.1) is 0 Å². The smallest absolute Gasteiger partial charge is 0.195 e. The quantitative estimate of drug-likeness (QED) is 0.493. The van der Waals surface area contributed by atoms with Crippen LogP contribution in [0.15, 0.2) is 36.9 Å². The lowest BCUT2D eigenvalue weighted by Gasteiger charge is -2.07. The van der Waals surface area contributed by atoms with Gasteiger partial charge < -0.3 is 4.57 Å². The molecule has 1 aromatic carbocycles. The molecule has 0 unspecified atom stereocenters. The van der Waals surface area contributed by atoms with Crippen molar-refractivity contribution in [3.63, 3.8) is 0 Å². The first kappa shape index (κ1) is 18.4. The molecule has 8 heteroatoms. The minimum atomic E-state index is 0.673. The minimum Gasteiger partial charge on any atom is -0.300 e. The molecule has 128 valence electrons. The van der Waals surface area contributed by atoms with Crippen molar-refractivity contribution in [3.05, 3.63) is 46.7 Å². The van der Waals surface area contributed by atoms with Crippen LogP contribution >= 0.6 is 23.8 Å². The lowest BCUT2D eigenvalue weighted by molar-refractivity contribution is 0.581. The molecule has 2 heterocycles. The molecule has 0 aliphatic rings. The fourth-order valence-electron chi connectivity index (χ4n) is 2.24. The summed E-state index contributed by atoms with van der Waals surface area (Å²) < 4.78 is 2.72. The Bertz CT molecular complexity index is 748. The third kappa shape index (κ3) is 5.58. The van der Waals surface area contributed by atoms with Crippen LogP contribution in [-0.2, 0) is 6.54 Å². The highest BCUT2D eigenvalue weighted by atomic mass is 35.5. The number of aromatic amines is 2. The highest BCUT2D eigenvalue weighted by molar-refractivity contribution is 7.71. The van der Waals surface area contributed by atoms with E-state index in [2.05, 4.69) is 36.9 Å². The fraction of sp³-hybridized carbons (Fsp3) is 0.375. The van der Waals surface area contributed by atoms with Crippen molar-refractivity contribution in [3.8, 4) is 11.4 Å². The van der Waals surface area contributed by atoms with Crippen molar-refractivity contribution >= 4 is 23.8 Å². The Morgan fingerprint density at radius 3 is 2.75 bits per heavy atom. The summed E-state index contributed by atoms with van der Waals surface area (Å²) in [4.78, 5) is 3.56. The Balaban J connectivity index is 0.000000355. The molecule has 0 spiro atoms. The Kier molecular flexibility index (Phi) is 7.64. The maximum atomic E-state index is 6.03. The molecule has 6 nitrogen and oxygen atoms in total. The number of rotatable bonds is 6. The molecule has 0 fully saturated rings. The van der Waals surface area contributed by atoms with Crippen LogP contribution in [0.1, 0.15) is 32.6 Å². The monoisotopic (exact) mass is 364 g/mol. The second-order valence-corrected chi connectivity index (χ2v) is 6.05. The molecule has 0 amide bonds. The number of nitrogens with one attached hydrogen (secondary N) is 2. The minimum absolute atomic E-state index is 0.673. The number of benzene rings is 1. The van der Waals surface area contributed by atoms with Crippen LogP contribution in [0.3, 0.4) is 0 Å². The molecule has 3 aromatic rings. The van der Waals surface area contributed by atoms with Gasteiger partial charge in [-0.05, 0) is 30.8 Å². The summed E-state index contributed by atoms with van der Waals surface area (Å²) in [5, 5.41) is 13.9. The van der Waals surface area contributed by atoms with E-state index in [1.165, 1.54) is 31.9 Å². The average molecular weight is 365 g/mol. The van der Waals surface area contributed by atoms with Crippen molar-refractivity contribution in [2.45, 2.75) is 39.2 Å². The number of unbranched alkanes of at least 4 members (excludes halogenated alkanes) is 3. The zero-order valence-corrected chi connectivity index (χ0v) is 15.1. The number of halogens is 1. The normalized spacial score (nSPS) is 10.2. The Hall–Kier alpha value is -1.99. The maximum absolute atomic E-state index is 6.03. The number of hydrogen-bond acceptors (Lipinski definition) is 4. The van der Waals surface area contributed by atoms with Crippen LogP contribution in [0.4, 0.5) is 0 Å². The first-order chi connectivity index (χ1) is 11.7. The zero-order chi connectivity index (χ0) is 17.2. The molecule has 0 radical (unpaired) electrons. The van der Waals surface area contributed by atoms with E-state index in [1.807, 2.05) is 24.3 Å². The standard InChI is InChI=1S/C14H18ClN3S.C2H3N3/c1-2-3-4-5-9-18-13(16-17-14(18)19)11-7-6-8-12(15)10-11;1-3-2-5-4-1/h6-8,10H,2-5,9H2,1H3,(H,17,19);1-2H,(H,3,4,5). The molecule has 24 heavy (non-hydrogen) atoms. The number of hydrogen-bond donors (Lipinski definition) is 2. The number of aromatic nitrogens is 6. The predicted octanol–water partition coefficient (Wildman–Crippen LogP) is 4.65. The van der Waals surface area contributed by atoms with Gasteiger partial charge in [-0.2, -0.15) is 10.2 Å². The summed E-state index contributed by atoms with van der Waals surface area (Å²) in [5.41, 5.74) is 0.996. The van der Waals surface area contributed by atoms with Crippen molar-refractivity contribution in [1.29, 1.82) is 0 Å². The highest BCUT2D eigenvalue weighted by Gasteiger charge is 2.08. The largest absolute Gasteiger partial charge is 0.300 e. The van der Waals surface area contributed by atoms with Crippen molar-refractivity contribution in [2.75, 3.05) is 0 Å². The molecule has 2 N–H and O–H groups in total. The van der Waals surface area contributed by atoms with Crippen molar-refractivity contribution < 1.29 is 0 Å². The Morgan fingerprint density at radius 2 is 2.12 bits per heavy atom. The van der Waals surface area contributed by atoms with Crippen LogP contribution in [0, 0.1) is 4.77 Å². The predicted molar refractivity (Wildman–Crippen MR) is 98.4 cm³/mol. The molecular weight excluding hydrogens is 344 g/mol. The summed E-state index contributed by atoms with van der Waals surface area (Å²) in [6.45, 7) is 3.11. The lowest BCUT2D eigenvalue weighted by atomic mass is 10.2. The average Bonchev–Trinajstić information content (AvgIpc) is 3.25. The van der Waals surface area contributed by atoms with E-state index in [-0.39, 0.29) is 0 Å². The van der Waals surface area contributed by atoms with Crippen LogP contribution in [0.2, 0.25) is 5.02 Å². The van der Waals surface area contributed by atoms with Gasteiger partial charge in [0.05, 0.1) is 0 Å². The van der Waals surface area contributed by atoms with Crippen LogP contribution in [0.25, 0.3) is 11.4 Å². The van der Waals surface area contributed by atoms with Crippen LogP contribution in [0.5, 0.6) is 0 Å². The topological polar surface area (TPSA) is 75.2 Å². The SMILES string of the molecule is CCCCCCn1c(-c2cccc(Cl)c2)n[nH]c1=S.c1nc[nH]n1. The van der Waals surface area contributed by atoms with Gasteiger partial charge in [0.25, 0.3) is 0 Å². The fourth-order valence-corrected chi connectivity index (χ4v) is 2.65. The van der Waals surface area contributed by atoms with E-state index in [4.69, 9.17) is 23.8 Å². The molecular formula is C16H21ClN6S. The van der Waals surface area contributed by atoms with E-state index in [1.54, 1.807) is 0 Å². The Labute approximate surface area is 151 Å².